The van der Waals surface area contributed by atoms with Gasteiger partial charge in [-0.1, -0.05) is 6.08 Å². The van der Waals surface area contributed by atoms with Gasteiger partial charge >= 0.3 is 0 Å². The van der Waals surface area contributed by atoms with Gasteiger partial charge in [0.1, 0.15) is 6.07 Å². The zero-order chi connectivity index (χ0) is 12.0. The van der Waals surface area contributed by atoms with Crippen molar-refractivity contribution >= 4 is 17.1 Å². The minimum Gasteiger partial charge on any atom is -0.293 e. The van der Waals surface area contributed by atoms with Crippen molar-refractivity contribution in [3.8, 4) is 6.07 Å². The maximum atomic E-state index is 12.2. The summed E-state index contributed by atoms with van der Waals surface area (Å²) in [6.07, 6.45) is 4.36. The van der Waals surface area contributed by atoms with E-state index in [1.807, 2.05) is 18.4 Å². The number of aryl methyl sites for hydroxylation is 1. The lowest BCUT2D eigenvalue weighted by Crippen LogP contribution is -2.22. The third kappa shape index (κ3) is 1.46. The summed E-state index contributed by atoms with van der Waals surface area (Å²) in [6, 6.07) is 2.02. The largest absolute Gasteiger partial charge is 0.293 e. The minimum atomic E-state index is -0.288. The molecule has 1 spiro atoms. The number of rotatable bonds is 1. The van der Waals surface area contributed by atoms with E-state index in [-0.39, 0.29) is 17.1 Å². The average Bonchev–Trinajstić information content (AvgIpc) is 2.88. The molecule has 0 aromatic carbocycles. The third-order valence-corrected chi connectivity index (χ3v) is 4.84. The van der Waals surface area contributed by atoms with E-state index in [0.717, 1.165) is 30.0 Å². The summed E-state index contributed by atoms with van der Waals surface area (Å²) >= 11 is 1.63. The normalized spacial score (nSPS) is 31.2. The fraction of sp³-hybridized carbons (Fsp3) is 0.462. The number of carbonyl (C=O) groups excluding carboxylic acids is 1. The maximum absolute atomic E-state index is 12.2. The van der Waals surface area contributed by atoms with Crippen LogP contribution in [0.1, 0.15) is 35.9 Å². The summed E-state index contributed by atoms with van der Waals surface area (Å²) < 4.78 is 0. The van der Waals surface area contributed by atoms with E-state index >= 15 is 0 Å². The zero-order valence-corrected chi connectivity index (χ0v) is 10.4. The Hall–Kier alpha value is -1.47. The van der Waals surface area contributed by atoms with Gasteiger partial charge in [-0.25, -0.2) is 4.98 Å². The molecule has 1 saturated carbocycles. The third-order valence-electron chi connectivity index (χ3n) is 3.77. The van der Waals surface area contributed by atoms with Crippen LogP contribution in [-0.2, 0) is 4.79 Å². The number of allylic oxidation sites excluding steroid dienone is 2. The van der Waals surface area contributed by atoms with Crippen molar-refractivity contribution in [2.24, 2.45) is 5.41 Å². The van der Waals surface area contributed by atoms with Gasteiger partial charge in [-0.2, -0.15) is 5.26 Å². The number of hydrogen-bond acceptors (Lipinski definition) is 4. The molecule has 0 amide bonds. The highest BCUT2D eigenvalue weighted by Gasteiger charge is 2.62. The molecule has 0 bridgehead atoms. The van der Waals surface area contributed by atoms with Crippen LogP contribution in [-0.4, -0.2) is 10.8 Å². The van der Waals surface area contributed by atoms with Gasteiger partial charge in [-0.05, 0) is 26.2 Å². The summed E-state index contributed by atoms with van der Waals surface area (Å²) in [5, 5.41) is 12.0. The van der Waals surface area contributed by atoms with Crippen molar-refractivity contribution in [1.29, 1.82) is 5.26 Å². The smallest absolute Gasteiger partial charge is 0.179 e. The van der Waals surface area contributed by atoms with Crippen LogP contribution < -0.4 is 0 Å². The number of nitriles is 1. The highest BCUT2D eigenvalue weighted by Crippen LogP contribution is 2.65. The Bertz CT molecular complexity index is 566. The summed E-state index contributed by atoms with van der Waals surface area (Å²) in [6.45, 7) is 1.97. The predicted octanol–water partition coefficient (Wildman–Crippen LogP) is 2.74. The first-order chi connectivity index (χ1) is 8.17. The molecule has 4 heteroatoms. The van der Waals surface area contributed by atoms with Crippen LogP contribution in [0, 0.1) is 23.7 Å². The van der Waals surface area contributed by atoms with Crippen molar-refractivity contribution in [2.45, 2.75) is 32.1 Å². The molecule has 1 aromatic rings. The van der Waals surface area contributed by atoms with Gasteiger partial charge in [0.25, 0.3) is 0 Å². The summed E-state index contributed by atoms with van der Waals surface area (Å²) in [5.41, 5.74) is 1.09. The van der Waals surface area contributed by atoms with E-state index in [9.17, 15) is 4.79 Å². The van der Waals surface area contributed by atoms with Gasteiger partial charge in [0.05, 0.1) is 10.6 Å². The highest BCUT2D eigenvalue weighted by molar-refractivity contribution is 7.09. The van der Waals surface area contributed by atoms with Crippen molar-refractivity contribution in [3.05, 3.63) is 27.7 Å². The molecule has 1 fully saturated rings. The molecule has 3 rings (SSSR count). The number of hydrogen-bond donors (Lipinski definition) is 0. The molecule has 3 nitrogen and oxygen atoms in total. The van der Waals surface area contributed by atoms with Gasteiger partial charge in [-0.15, -0.1) is 11.3 Å². The highest BCUT2D eigenvalue weighted by atomic mass is 32.1. The first-order valence-electron chi connectivity index (χ1n) is 5.74. The molecular formula is C13H12N2OS. The van der Waals surface area contributed by atoms with Crippen LogP contribution in [0.5, 0.6) is 0 Å². The number of aromatic nitrogens is 1. The molecule has 17 heavy (non-hydrogen) atoms. The lowest BCUT2D eigenvalue weighted by atomic mass is 9.83. The van der Waals surface area contributed by atoms with Crippen LogP contribution in [0.15, 0.2) is 17.0 Å². The molecule has 1 aromatic heterocycles. The second-order valence-electron chi connectivity index (χ2n) is 4.84. The molecule has 0 N–H and O–H groups in total. The molecule has 2 aliphatic carbocycles. The number of carbonyl (C=O) groups is 1. The van der Waals surface area contributed by atoms with Crippen LogP contribution in [0.3, 0.4) is 0 Å². The molecule has 2 atom stereocenters. The number of ketones is 1. The van der Waals surface area contributed by atoms with E-state index in [2.05, 4.69) is 4.98 Å². The molecule has 86 valence electrons. The standard InChI is InChI=1S/C13H12N2OS/c1-8-7-17-12(15-8)10-5-13(10)4-2-3-9(6-14)11(13)16/h3,7,10H,2,4-5H2,1H3. The number of Topliss-reactive ketones (excluding diaryl/α,β-unsaturated/α-hetero) is 1. The first kappa shape index (κ1) is 10.7. The van der Waals surface area contributed by atoms with Gasteiger partial charge in [-0.3, -0.25) is 4.79 Å². The van der Waals surface area contributed by atoms with Gasteiger partial charge in [0.2, 0.25) is 0 Å². The second kappa shape index (κ2) is 3.51. The number of thiazole rings is 1. The fourth-order valence-electron chi connectivity index (χ4n) is 2.73. The summed E-state index contributed by atoms with van der Waals surface area (Å²) in [4.78, 5) is 16.7. The summed E-state index contributed by atoms with van der Waals surface area (Å²) in [7, 11) is 0. The average molecular weight is 244 g/mol. The molecule has 2 aliphatic rings. The molecule has 0 saturated heterocycles. The van der Waals surface area contributed by atoms with Crippen molar-refractivity contribution in [3.63, 3.8) is 0 Å². The zero-order valence-electron chi connectivity index (χ0n) is 9.56. The van der Waals surface area contributed by atoms with Gasteiger partial charge in [0.15, 0.2) is 5.78 Å². The fourth-order valence-corrected chi connectivity index (χ4v) is 3.75. The van der Waals surface area contributed by atoms with Gasteiger partial charge < -0.3 is 0 Å². The van der Waals surface area contributed by atoms with Crippen molar-refractivity contribution < 1.29 is 4.79 Å². The van der Waals surface area contributed by atoms with Crippen molar-refractivity contribution in [1.82, 2.24) is 4.98 Å². The Balaban J connectivity index is 1.90. The lowest BCUT2D eigenvalue weighted by Gasteiger charge is -2.18. The second-order valence-corrected chi connectivity index (χ2v) is 5.73. The molecule has 1 heterocycles. The Kier molecular flexibility index (Phi) is 2.20. The lowest BCUT2D eigenvalue weighted by molar-refractivity contribution is -0.120. The molecule has 0 radical (unpaired) electrons. The summed E-state index contributed by atoms with van der Waals surface area (Å²) in [5.74, 6) is 0.301. The van der Waals surface area contributed by atoms with Crippen molar-refractivity contribution in [2.75, 3.05) is 0 Å². The molecular weight excluding hydrogens is 232 g/mol. The number of nitrogens with zero attached hydrogens (tertiary/aromatic N) is 2. The van der Waals surface area contributed by atoms with E-state index < -0.39 is 0 Å². The van der Waals surface area contributed by atoms with E-state index in [0.29, 0.717) is 5.57 Å². The van der Waals surface area contributed by atoms with Crippen LogP contribution in [0.25, 0.3) is 0 Å². The molecule has 2 unspecified atom stereocenters. The quantitative estimate of drug-likeness (QED) is 0.763. The van der Waals surface area contributed by atoms with Crippen LogP contribution in [0.2, 0.25) is 0 Å². The van der Waals surface area contributed by atoms with Crippen LogP contribution >= 0.6 is 11.3 Å². The van der Waals surface area contributed by atoms with E-state index in [1.165, 1.54) is 0 Å². The monoisotopic (exact) mass is 244 g/mol. The Morgan fingerprint density at radius 3 is 3.12 bits per heavy atom. The Morgan fingerprint density at radius 1 is 1.65 bits per heavy atom. The van der Waals surface area contributed by atoms with E-state index in [4.69, 9.17) is 5.26 Å². The maximum Gasteiger partial charge on any atom is 0.179 e. The Morgan fingerprint density at radius 2 is 2.47 bits per heavy atom. The minimum absolute atomic E-state index is 0.0455. The first-order valence-corrected chi connectivity index (χ1v) is 6.62. The topological polar surface area (TPSA) is 53.8 Å². The SMILES string of the molecule is Cc1csc(C2CC23CCC=C(C#N)C3=O)n1. The van der Waals surface area contributed by atoms with Gasteiger partial charge in [0, 0.05) is 22.4 Å². The van der Waals surface area contributed by atoms with E-state index in [1.54, 1.807) is 17.4 Å². The Labute approximate surface area is 104 Å². The van der Waals surface area contributed by atoms with Crippen LogP contribution in [0.4, 0.5) is 0 Å². The predicted molar refractivity (Wildman–Crippen MR) is 64.6 cm³/mol. The molecule has 0 aliphatic heterocycles.